The van der Waals surface area contributed by atoms with Crippen LogP contribution in [0.3, 0.4) is 0 Å². The molecule has 1 aromatic carbocycles. The van der Waals surface area contributed by atoms with Crippen LogP contribution < -0.4 is 0 Å². The molecule has 1 N–H and O–H groups in total. The van der Waals surface area contributed by atoms with Gasteiger partial charge in [0.05, 0.1) is 12.9 Å². The standard InChI is InChI=1S/C20H26F2N4O/c21-18-3-1-4-19(22)17(18)11-26-10-16-9-25(12-20(16,13-26)14-27)7-2-6-24-8-5-23-15-24/h1,3-5,8,15-16,27H,2,6-7,9-14H2. The minimum absolute atomic E-state index is 0.117. The molecule has 0 amide bonds. The third-order valence-corrected chi connectivity index (χ3v) is 6.11. The topological polar surface area (TPSA) is 44.5 Å². The van der Waals surface area contributed by atoms with Gasteiger partial charge in [-0.1, -0.05) is 6.07 Å². The van der Waals surface area contributed by atoms with Gasteiger partial charge in [0.25, 0.3) is 0 Å². The fraction of sp³-hybridized carbons (Fsp3) is 0.550. The molecule has 0 radical (unpaired) electrons. The molecule has 2 fully saturated rings. The number of hydrogen-bond acceptors (Lipinski definition) is 4. The first kappa shape index (κ1) is 18.5. The highest BCUT2D eigenvalue weighted by Gasteiger charge is 2.51. The fourth-order valence-corrected chi connectivity index (χ4v) is 4.72. The highest BCUT2D eigenvalue weighted by molar-refractivity contribution is 5.20. The molecule has 2 unspecified atom stereocenters. The van der Waals surface area contributed by atoms with Crippen LogP contribution in [0, 0.1) is 23.0 Å². The van der Waals surface area contributed by atoms with Gasteiger partial charge in [0.2, 0.25) is 0 Å². The summed E-state index contributed by atoms with van der Waals surface area (Å²) in [6, 6.07) is 4.00. The summed E-state index contributed by atoms with van der Waals surface area (Å²) < 4.78 is 30.0. The van der Waals surface area contributed by atoms with Crippen molar-refractivity contribution in [3.8, 4) is 0 Å². The van der Waals surface area contributed by atoms with E-state index in [0.29, 0.717) is 12.5 Å². The van der Waals surface area contributed by atoms with E-state index in [0.717, 1.165) is 39.1 Å². The number of rotatable bonds is 7. The van der Waals surface area contributed by atoms with E-state index in [1.165, 1.54) is 18.2 Å². The monoisotopic (exact) mass is 376 g/mol. The van der Waals surface area contributed by atoms with Gasteiger partial charge in [0.1, 0.15) is 11.6 Å². The van der Waals surface area contributed by atoms with Gasteiger partial charge >= 0.3 is 0 Å². The molecule has 0 spiro atoms. The molecule has 2 aromatic rings. The van der Waals surface area contributed by atoms with Gasteiger partial charge in [-0.15, -0.1) is 0 Å². The second-order valence-electron chi connectivity index (χ2n) is 7.98. The molecule has 2 atom stereocenters. The predicted octanol–water partition coefficient (Wildman–Crippen LogP) is 1.98. The Kier molecular flexibility index (Phi) is 5.25. The molecule has 2 saturated heterocycles. The highest BCUT2D eigenvalue weighted by Crippen LogP contribution is 2.42. The lowest BCUT2D eigenvalue weighted by Crippen LogP contribution is -2.37. The van der Waals surface area contributed by atoms with E-state index in [9.17, 15) is 13.9 Å². The summed E-state index contributed by atoms with van der Waals surface area (Å²) in [5, 5.41) is 10.1. The summed E-state index contributed by atoms with van der Waals surface area (Å²) in [7, 11) is 0. The minimum Gasteiger partial charge on any atom is -0.396 e. The Bertz CT molecular complexity index is 749. The van der Waals surface area contributed by atoms with Crippen LogP contribution >= 0.6 is 0 Å². The van der Waals surface area contributed by atoms with E-state index in [1.807, 2.05) is 12.5 Å². The number of halogens is 2. The van der Waals surface area contributed by atoms with Crippen molar-refractivity contribution in [3.05, 3.63) is 54.1 Å². The second kappa shape index (κ2) is 7.66. The Hall–Kier alpha value is -1.83. The highest BCUT2D eigenvalue weighted by atomic mass is 19.1. The number of aliphatic hydroxyl groups excluding tert-OH is 1. The first-order chi connectivity index (χ1) is 13.1. The lowest BCUT2D eigenvalue weighted by molar-refractivity contribution is 0.111. The Morgan fingerprint density at radius 2 is 1.85 bits per heavy atom. The maximum atomic E-state index is 14.0. The van der Waals surface area contributed by atoms with Gasteiger partial charge in [-0.2, -0.15) is 0 Å². The predicted molar refractivity (Wildman–Crippen MR) is 97.9 cm³/mol. The molecular formula is C20H26F2N4O. The van der Waals surface area contributed by atoms with Crippen molar-refractivity contribution in [2.45, 2.75) is 19.5 Å². The lowest BCUT2D eigenvalue weighted by atomic mass is 9.82. The van der Waals surface area contributed by atoms with Gasteiger partial charge in [-0.25, -0.2) is 13.8 Å². The van der Waals surface area contributed by atoms with Crippen molar-refractivity contribution in [2.75, 3.05) is 39.3 Å². The van der Waals surface area contributed by atoms with Gasteiger partial charge in [0, 0.05) is 62.6 Å². The normalized spacial score (nSPS) is 26.0. The summed E-state index contributed by atoms with van der Waals surface area (Å²) in [4.78, 5) is 8.56. The van der Waals surface area contributed by atoms with Crippen LogP contribution in [0.25, 0.3) is 0 Å². The van der Waals surface area contributed by atoms with Crippen molar-refractivity contribution < 1.29 is 13.9 Å². The van der Waals surface area contributed by atoms with Gasteiger partial charge in [0.15, 0.2) is 0 Å². The molecule has 2 aliphatic rings. The van der Waals surface area contributed by atoms with Gasteiger partial charge in [-0.3, -0.25) is 4.90 Å². The molecule has 4 rings (SSSR count). The van der Waals surface area contributed by atoms with Gasteiger partial charge in [-0.05, 0) is 31.0 Å². The Balaban J connectivity index is 1.34. The van der Waals surface area contributed by atoms with Crippen LogP contribution in [0.1, 0.15) is 12.0 Å². The van der Waals surface area contributed by atoms with E-state index in [-0.39, 0.29) is 24.1 Å². The number of imidazole rings is 1. The summed E-state index contributed by atoms with van der Waals surface area (Å²) in [6.45, 7) is 5.52. The molecule has 0 aliphatic carbocycles. The van der Waals surface area contributed by atoms with E-state index in [1.54, 1.807) is 6.20 Å². The molecule has 27 heavy (non-hydrogen) atoms. The van der Waals surface area contributed by atoms with Crippen LogP contribution in [-0.4, -0.2) is 63.8 Å². The van der Waals surface area contributed by atoms with E-state index in [2.05, 4.69) is 19.4 Å². The maximum Gasteiger partial charge on any atom is 0.130 e. The number of benzene rings is 1. The third-order valence-electron chi connectivity index (χ3n) is 6.11. The van der Waals surface area contributed by atoms with E-state index < -0.39 is 11.6 Å². The smallest absolute Gasteiger partial charge is 0.130 e. The summed E-state index contributed by atoms with van der Waals surface area (Å²) >= 11 is 0. The van der Waals surface area contributed by atoms with Crippen LogP contribution in [0.2, 0.25) is 0 Å². The van der Waals surface area contributed by atoms with E-state index >= 15 is 0 Å². The second-order valence-corrected chi connectivity index (χ2v) is 7.98. The molecule has 7 heteroatoms. The SMILES string of the molecule is OCC12CN(CCCn3ccnc3)CC1CN(Cc1c(F)cccc1F)C2. The summed E-state index contributed by atoms with van der Waals surface area (Å²) in [5.74, 6) is -0.650. The molecule has 5 nitrogen and oxygen atoms in total. The molecule has 0 bridgehead atoms. The van der Waals surface area contributed by atoms with Gasteiger partial charge < -0.3 is 14.6 Å². The molecule has 1 aromatic heterocycles. The van der Waals surface area contributed by atoms with Crippen molar-refractivity contribution >= 4 is 0 Å². The first-order valence-electron chi connectivity index (χ1n) is 9.54. The van der Waals surface area contributed by atoms with Crippen LogP contribution in [-0.2, 0) is 13.1 Å². The summed E-state index contributed by atoms with van der Waals surface area (Å²) in [5.41, 5.74) is -0.0562. The first-order valence-corrected chi connectivity index (χ1v) is 9.54. The number of aromatic nitrogens is 2. The number of aliphatic hydroxyl groups is 1. The number of hydrogen-bond donors (Lipinski definition) is 1. The van der Waals surface area contributed by atoms with Crippen molar-refractivity contribution in [1.82, 2.24) is 19.4 Å². The van der Waals surface area contributed by atoms with Crippen LogP contribution in [0.15, 0.2) is 36.9 Å². The Morgan fingerprint density at radius 3 is 2.52 bits per heavy atom. The number of nitrogens with zero attached hydrogens (tertiary/aromatic N) is 4. The quantitative estimate of drug-likeness (QED) is 0.803. The lowest BCUT2D eigenvalue weighted by Gasteiger charge is -2.27. The number of aryl methyl sites for hydroxylation is 1. The van der Waals surface area contributed by atoms with E-state index in [4.69, 9.17) is 0 Å². The summed E-state index contributed by atoms with van der Waals surface area (Å²) in [6.07, 6.45) is 6.62. The number of likely N-dealkylation sites (tertiary alicyclic amines) is 2. The fourth-order valence-electron chi connectivity index (χ4n) is 4.72. The van der Waals surface area contributed by atoms with Crippen molar-refractivity contribution in [3.63, 3.8) is 0 Å². The zero-order valence-corrected chi connectivity index (χ0v) is 15.4. The maximum absolute atomic E-state index is 14.0. The van der Waals surface area contributed by atoms with Crippen LogP contribution in [0.4, 0.5) is 8.78 Å². The Labute approximate surface area is 158 Å². The minimum atomic E-state index is -0.494. The zero-order valence-electron chi connectivity index (χ0n) is 15.4. The largest absolute Gasteiger partial charge is 0.396 e. The average molecular weight is 376 g/mol. The zero-order chi connectivity index (χ0) is 18.9. The Morgan fingerprint density at radius 1 is 1.11 bits per heavy atom. The number of fused-ring (bicyclic) bond motifs is 1. The average Bonchev–Trinajstić information content (AvgIpc) is 3.33. The molecule has 146 valence electrons. The molecular weight excluding hydrogens is 350 g/mol. The van der Waals surface area contributed by atoms with Crippen molar-refractivity contribution in [2.24, 2.45) is 11.3 Å². The molecule has 0 saturated carbocycles. The molecule has 2 aliphatic heterocycles. The van der Waals surface area contributed by atoms with Crippen molar-refractivity contribution in [1.29, 1.82) is 0 Å². The molecule has 3 heterocycles. The third kappa shape index (κ3) is 3.77. The van der Waals surface area contributed by atoms with Crippen LogP contribution in [0.5, 0.6) is 0 Å².